The van der Waals surface area contributed by atoms with Crippen LogP contribution in [0.25, 0.3) is 0 Å². The Labute approximate surface area is 109 Å². The fraction of sp³-hybridized carbons (Fsp3) is 0.538. The minimum absolute atomic E-state index is 0.101. The minimum atomic E-state index is -3.19. The molecular weight excluding hydrogens is 248 g/mol. The van der Waals surface area contributed by atoms with Crippen LogP contribution in [0.1, 0.15) is 12.5 Å². The molecule has 0 aliphatic carbocycles. The highest BCUT2D eigenvalue weighted by Gasteiger charge is 2.29. The average Bonchev–Trinajstić information content (AvgIpc) is 2.33. The molecule has 0 spiro atoms. The van der Waals surface area contributed by atoms with Crippen LogP contribution in [0.5, 0.6) is 0 Å². The molecule has 18 heavy (non-hydrogen) atoms. The fourth-order valence-corrected chi connectivity index (χ4v) is 3.74. The van der Waals surface area contributed by atoms with Crippen molar-refractivity contribution in [3.63, 3.8) is 0 Å². The van der Waals surface area contributed by atoms with Gasteiger partial charge in [0.15, 0.2) is 0 Å². The SMILES string of the molecule is CC1CN(S(=O)(=O)Cc2ccccc2)CCN1C. The highest BCUT2D eigenvalue weighted by atomic mass is 32.2. The van der Waals surface area contributed by atoms with E-state index in [9.17, 15) is 8.42 Å². The molecule has 1 aromatic rings. The van der Waals surface area contributed by atoms with Crippen LogP contribution in [0.4, 0.5) is 0 Å². The zero-order valence-electron chi connectivity index (χ0n) is 10.9. The standard InChI is InChI=1S/C13H20N2O2S/c1-12-10-15(9-8-14(12)2)18(16,17)11-13-6-4-3-5-7-13/h3-7,12H,8-11H2,1-2H3. The number of benzene rings is 1. The van der Waals surface area contributed by atoms with Crippen molar-refractivity contribution in [2.45, 2.75) is 18.7 Å². The molecule has 1 aromatic carbocycles. The summed E-state index contributed by atoms with van der Waals surface area (Å²) >= 11 is 0. The number of rotatable bonds is 3. The summed E-state index contributed by atoms with van der Waals surface area (Å²) in [7, 11) is -1.15. The first kappa shape index (κ1) is 13.5. The van der Waals surface area contributed by atoms with E-state index in [1.165, 1.54) is 0 Å². The molecule has 1 saturated heterocycles. The molecular formula is C13H20N2O2S. The molecule has 0 N–H and O–H groups in total. The van der Waals surface area contributed by atoms with Crippen molar-refractivity contribution >= 4 is 10.0 Å². The molecule has 1 unspecified atom stereocenters. The van der Waals surface area contributed by atoms with Gasteiger partial charge in [-0.05, 0) is 19.5 Å². The molecule has 100 valence electrons. The van der Waals surface area contributed by atoms with Crippen LogP contribution in [0, 0.1) is 0 Å². The normalized spacial score (nSPS) is 23.1. The van der Waals surface area contributed by atoms with Gasteiger partial charge in [0.1, 0.15) is 0 Å². The van der Waals surface area contributed by atoms with E-state index >= 15 is 0 Å². The zero-order valence-corrected chi connectivity index (χ0v) is 11.7. The largest absolute Gasteiger partial charge is 0.301 e. The lowest BCUT2D eigenvalue weighted by Crippen LogP contribution is -2.52. The molecule has 4 nitrogen and oxygen atoms in total. The van der Waals surface area contributed by atoms with Crippen LogP contribution in [0.15, 0.2) is 30.3 Å². The maximum Gasteiger partial charge on any atom is 0.218 e. The smallest absolute Gasteiger partial charge is 0.218 e. The third-order valence-corrected chi connectivity index (χ3v) is 5.32. The number of sulfonamides is 1. The molecule has 0 radical (unpaired) electrons. The molecule has 5 heteroatoms. The monoisotopic (exact) mass is 268 g/mol. The van der Waals surface area contributed by atoms with Crippen LogP contribution >= 0.6 is 0 Å². The van der Waals surface area contributed by atoms with Crippen molar-refractivity contribution in [2.24, 2.45) is 0 Å². The van der Waals surface area contributed by atoms with Crippen LogP contribution in [-0.2, 0) is 15.8 Å². The highest BCUT2D eigenvalue weighted by molar-refractivity contribution is 7.88. The van der Waals surface area contributed by atoms with E-state index in [0.29, 0.717) is 13.1 Å². The second kappa shape index (κ2) is 5.38. The van der Waals surface area contributed by atoms with Gasteiger partial charge in [-0.15, -0.1) is 0 Å². The Morgan fingerprint density at radius 1 is 1.22 bits per heavy atom. The Morgan fingerprint density at radius 2 is 1.89 bits per heavy atom. The summed E-state index contributed by atoms with van der Waals surface area (Å²) < 4.78 is 26.2. The second-order valence-electron chi connectivity index (χ2n) is 4.93. The van der Waals surface area contributed by atoms with Gasteiger partial charge < -0.3 is 4.90 Å². The van der Waals surface area contributed by atoms with Gasteiger partial charge in [0.25, 0.3) is 0 Å². The number of hydrogen-bond donors (Lipinski definition) is 0. The average molecular weight is 268 g/mol. The summed E-state index contributed by atoms with van der Waals surface area (Å²) in [4.78, 5) is 2.19. The van der Waals surface area contributed by atoms with E-state index < -0.39 is 10.0 Å². The molecule has 0 saturated carbocycles. The van der Waals surface area contributed by atoms with Crippen LogP contribution in [-0.4, -0.2) is 50.3 Å². The van der Waals surface area contributed by atoms with E-state index in [0.717, 1.165) is 12.1 Å². The predicted molar refractivity (Wildman–Crippen MR) is 72.7 cm³/mol. The van der Waals surface area contributed by atoms with Crippen LogP contribution < -0.4 is 0 Å². The molecule has 0 amide bonds. The summed E-state index contributed by atoms with van der Waals surface area (Å²) in [5.74, 6) is 0.101. The summed E-state index contributed by atoms with van der Waals surface area (Å²) in [6, 6.07) is 9.64. The van der Waals surface area contributed by atoms with Crippen LogP contribution in [0.2, 0.25) is 0 Å². The quantitative estimate of drug-likeness (QED) is 0.826. The van der Waals surface area contributed by atoms with Gasteiger partial charge in [-0.2, -0.15) is 4.31 Å². The van der Waals surface area contributed by atoms with Gasteiger partial charge in [-0.25, -0.2) is 8.42 Å². The number of piperazine rings is 1. The van der Waals surface area contributed by atoms with E-state index in [4.69, 9.17) is 0 Å². The number of hydrogen-bond acceptors (Lipinski definition) is 3. The molecule has 1 aliphatic heterocycles. The van der Waals surface area contributed by atoms with E-state index in [2.05, 4.69) is 11.8 Å². The number of nitrogens with zero attached hydrogens (tertiary/aromatic N) is 2. The lowest BCUT2D eigenvalue weighted by atomic mass is 10.2. The van der Waals surface area contributed by atoms with Gasteiger partial charge in [0.2, 0.25) is 10.0 Å². The molecule has 2 rings (SSSR count). The molecule has 1 aliphatic rings. The van der Waals surface area contributed by atoms with Crippen LogP contribution in [0.3, 0.4) is 0 Å². The molecule has 0 aromatic heterocycles. The Bertz CT molecular complexity index is 487. The lowest BCUT2D eigenvalue weighted by Gasteiger charge is -2.36. The third kappa shape index (κ3) is 3.10. The first-order chi connectivity index (χ1) is 8.49. The summed E-state index contributed by atoms with van der Waals surface area (Å²) in [6.07, 6.45) is 0. The van der Waals surface area contributed by atoms with Crippen molar-refractivity contribution in [1.82, 2.24) is 9.21 Å². The number of likely N-dealkylation sites (N-methyl/N-ethyl adjacent to an activating group) is 1. The maximum absolute atomic E-state index is 12.3. The van der Waals surface area contributed by atoms with Gasteiger partial charge in [0.05, 0.1) is 5.75 Å². The summed E-state index contributed by atoms with van der Waals surface area (Å²) in [5.41, 5.74) is 0.851. The second-order valence-corrected chi connectivity index (χ2v) is 6.90. The predicted octanol–water partition coefficient (Wildman–Crippen LogP) is 1.15. The molecule has 0 bridgehead atoms. The van der Waals surface area contributed by atoms with Gasteiger partial charge in [-0.1, -0.05) is 30.3 Å². The zero-order chi connectivity index (χ0) is 13.2. The maximum atomic E-state index is 12.3. The Morgan fingerprint density at radius 3 is 2.50 bits per heavy atom. The first-order valence-electron chi connectivity index (χ1n) is 6.21. The topological polar surface area (TPSA) is 40.6 Å². The lowest BCUT2D eigenvalue weighted by molar-refractivity contribution is 0.159. The third-order valence-electron chi connectivity index (χ3n) is 3.51. The molecule has 1 atom stereocenters. The van der Waals surface area contributed by atoms with Crippen molar-refractivity contribution in [1.29, 1.82) is 0 Å². The van der Waals surface area contributed by atoms with Gasteiger partial charge in [-0.3, -0.25) is 0 Å². The fourth-order valence-electron chi connectivity index (χ4n) is 2.14. The van der Waals surface area contributed by atoms with Crippen molar-refractivity contribution in [3.05, 3.63) is 35.9 Å². The highest BCUT2D eigenvalue weighted by Crippen LogP contribution is 2.15. The Balaban J connectivity index is 2.08. The van der Waals surface area contributed by atoms with E-state index in [1.54, 1.807) is 4.31 Å². The van der Waals surface area contributed by atoms with E-state index in [-0.39, 0.29) is 11.8 Å². The summed E-state index contributed by atoms with van der Waals surface area (Å²) in [6.45, 7) is 4.04. The van der Waals surface area contributed by atoms with Crippen molar-refractivity contribution in [3.8, 4) is 0 Å². The van der Waals surface area contributed by atoms with E-state index in [1.807, 2.05) is 37.4 Å². The van der Waals surface area contributed by atoms with Crippen molar-refractivity contribution < 1.29 is 8.42 Å². The summed E-state index contributed by atoms with van der Waals surface area (Å²) in [5, 5.41) is 0. The first-order valence-corrected chi connectivity index (χ1v) is 7.82. The Kier molecular flexibility index (Phi) is 4.04. The molecule has 1 heterocycles. The Hall–Kier alpha value is -0.910. The van der Waals surface area contributed by atoms with Gasteiger partial charge in [0, 0.05) is 25.7 Å². The minimum Gasteiger partial charge on any atom is -0.301 e. The molecule has 1 fully saturated rings. The van der Waals surface area contributed by atoms with Gasteiger partial charge >= 0.3 is 0 Å². The van der Waals surface area contributed by atoms with Crippen molar-refractivity contribution in [2.75, 3.05) is 26.7 Å².